The highest BCUT2D eigenvalue weighted by Crippen LogP contribution is 2.24. The zero-order valence-corrected chi connectivity index (χ0v) is 16.8. The maximum atomic E-state index is 13.2. The summed E-state index contributed by atoms with van der Waals surface area (Å²) in [4.78, 5) is 28.6. The van der Waals surface area contributed by atoms with Crippen LogP contribution >= 0.6 is 0 Å². The van der Waals surface area contributed by atoms with Gasteiger partial charge in [0.25, 0.3) is 11.7 Å². The number of aromatic nitrogens is 6. The maximum absolute atomic E-state index is 13.2. The Bertz CT molecular complexity index is 1240. The van der Waals surface area contributed by atoms with E-state index >= 15 is 0 Å². The molecule has 1 saturated heterocycles. The molecule has 0 aliphatic carbocycles. The number of aryl methyl sites for hydroxylation is 3. The molecule has 29 heavy (non-hydrogen) atoms. The van der Waals surface area contributed by atoms with Crippen molar-refractivity contribution in [3.05, 3.63) is 53.4 Å². The van der Waals surface area contributed by atoms with Crippen molar-refractivity contribution >= 4 is 22.7 Å². The Morgan fingerprint density at radius 2 is 1.97 bits per heavy atom. The first-order chi connectivity index (χ1) is 14.0. The van der Waals surface area contributed by atoms with Crippen LogP contribution in [0.3, 0.4) is 0 Å². The maximum Gasteiger partial charge on any atom is 0.293 e. The van der Waals surface area contributed by atoms with Crippen molar-refractivity contribution in [3.63, 3.8) is 0 Å². The van der Waals surface area contributed by atoms with E-state index in [4.69, 9.17) is 0 Å². The van der Waals surface area contributed by atoms with Crippen LogP contribution in [-0.4, -0.2) is 52.5 Å². The lowest BCUT2D eigenvalue weighted by molar-refractivity contribution is 0.0712. The molecule has 0 radical (unpaired) electrons. The van der Waals surface area contributed by atoms with Gasteiger partial charge in [-0.1, -0.05) is 12.1 Å². The Kier molecular flexibility index (Phi) is 4.08. The zero-order valence-electron chi connectivity index (χ0n) is 16.8. The van der Waals surface area contributed by atoms with Crippen LogP contribution in [0.1, 0.15) is 40.7 Å². The van der Waals surface area contributed by atoms with Gasteiger partial charge >= 0.3 is 0 Å². The van der Waals surface area contributed by atoms with E-state index in [-0.39, 0.29) is 17.8 Å². The van der Waals surface area contributed by atoms with Crippen molar-refractivity contribution in [2.24, 2.45) is 0 Å². The molecule has 1 aliphatic heterocycles. The summed E-state index contributed by atoms with van der Waals surface area (Å²) in [7, 11) is 0. The number of likely N-dealkylation sites (tertiary alicyclic amines) is 1. The molecule has 1 amide bonds. The molecule has 4 aromatic rings. The second kappa shape index (κ2) is 6.65. The molecular formula is C21H23N7O. The van der Waals surface area contributed by atoms with Gasteiger partial charge < -0.3 is 9.47 Å². The van der Waals surface area contributed by atoms with E-state index in [1.807, 2.05) is 49.9 Å². The number of para-hydroxylation sites is 2. The van der Waals surface area contributed by atoms with Gasteiger partial charge in [0.2, 0.25) is 5.82 Å². The van der Waals surface area contributed by atoms with Gasteiger partial charge in [-0.3, -0.25) is 4.79 Å². The molecule has 0 saturated carbocycles. The number of fused-ring (bicyclic) bond motifs is 2. The van der Waals surface area contributed by atoms with Crippen molar-refractivity contribution < 1.29 is 4.79 Å². The van der Waals surface area contributed by atoms with Crippen molar-refractivity contribution in [1.82, 2.24) is 34.0 Å². The third-order valence-electron chi connectivity index (χ3n) is 5.69. The second-order valence-electron chi connectivity index (χ2n) is 7.74. The van der Waals surface area contributed by atoms with Crippen LogP contribution in [0.4, 0.5) is 0 Å². The van der Waals surface area contributed by atoms with Gasteiger partial charge in [-0.25, -0.2) is 14.5 Å². The molecule has 0 spiro atoms. The van der Waals surface area contributed by atoms with Crippen molar-refractivity contribution in [2.45, 2.75) is 46.2 Å². The van der Waals surface area contributed by atoms with E-state index in [0.717, 1.165) is 54.2 Å². The summed E-state index contributed by atoms with van der Waals surface area (Å²) < 4.78 is 3.84. The van der Waals surface area contributed by atoms with Gasteiger partial charge in [0.1, 0.15) is 5.82 Å². The summed E-state index contributed by atoms with van der Waals surface area (Å²) in [6.07, 6.45) is 1.94. The smallest absolute Gasteiger partial charge is 0.293 e. The molecule has 8 heteroatoms. The summed E-state index contributed by atoms with van der Waals surface area (Å²) in [6.45, 7) is 7.31. The number of nitrogens with zero attached hydrogens (tertiary/aromatic N) is 7. The summed E-state index contributed by atoms with van der Waals surface area (Å²) in [5, 5.41) is 4.43. The van der Waals surface area contributed by atoms with Crippen LogP contribution in [0.15, 0.2) is 30.3 Å². The Hall–Kier alpha value is -3.29. The number of carbonyl (C=O) groups is 1. The van der Waals surface area contributed by atoms with Crippen LogP contribution in [0.25, 0.3) is 16.8 Å². The number of rotatable bonds is 3. The zero-order chi connectivity index (χ0) is 20.1. The van der Waals surface area contributed by atoms with Crippen LogP contribution in [-0.2, 0) is 6.54 Å². The third kappa shape index (κ3) is 2.95. The largest absolute Gasteiger partial charge is 0.331 e. The lowest BCUT2D eigenvalue weighted by Gasteiger charge is -2.24. The van der Waals surface area contributed by atoms with Gasteiger partial charge in [0.05, 0.1) is 17.1 Å². The quantitative estimate of drug-likeness (QED) is 0.538. The summed E-state index contributed by atoms with van der Waals surface area (Å²) in [5.74, 6) is 1.52. The topological polar surface area (TPSA) is 81.2 Å². The van der Waals surface area contributed by atoms with E-state index in [0.29, 0.717) is 5.78 Å². The fraction of sp³-hybridized carbons (Fsp3) is 0.381. The number of hydrogen-bond acceptors (Lipinski definition) is 5. The molecule has 3 aromatic heterocycles. The average Bonchev–Trinajstić information content (AvgIpc) is 3.39. The molecule has 0 N–H and O–H groups in total. The summed E-state index contributed by atoms with van der Waals surface area (Å²) in [5.41, 5.74) is 3.87. The molecule has 0 bridgehead atoms. The van der Waals surface area contributed by atoms with Crippen molar-refractivity contribution in [1.29, 1.82) is 0 Å². The van der Waals surface area contributed by atoms with Gasteiger partial charge in [-0.05, 0) is 51.8 Å². The van der Waals surface area contributed by atoms with Gasteiger partial charge in [0.15, 0.2) is 0 Å². The molecule has 5 rings (SSSR count). The molecule has 4 heterocycles. The highest BCUT2D eigenvalue weighted by Gasteiger charge is 2.32. The monoisotopic (exact) mass is 389 g/mol. The molecule has 1 aromatic carbocycles. The summed E-state index contributed by atoms with van der Waals surface area (Å²) >= 11 is 0. The van der Waals surface area contributed by atoms with E-state index in [2.05, 4.69) is 30.7 Å². The van der Waals surface area contributed by atoms with Crippen LogP contribution in [0, 0.1) is 20.8 Å². The van der Waals surface area contributed by atoms with Gasteiger partial charge in [0, 0.05) is 24.5 Å². The van der Waals surface area contributed by atoms with E-state index in [1.54, 1.807) is 4.52 Å². The normalized spacial score (nSPS) is 16.9. The molecule has 1 aliphatic rings. The molecule has 148 valence electrons. The Labute approximate surface area is 168 Å². The molecule has 1 fully saturated rings. The minimum Gasteiger partial charge on any atom is -0.331 e. The minimum absolute atomic E-state index is 0.0983. The first-order valence-corrected chi connectivity index (χ1v) is 9.95. The number of carbonyl (C=O) groups excluding carboxylic acids is 1. The minimum atomic E-state index is -0.128. The van der Waals surface area contributed by atoms with Crippen LogP contribution in [0.2, 0.25) is 0 Å². The Morgan fingerprint density at radius 3 is 2.83 bits per heavy atom. The molecule has 8 nitrogen and oxygen atoms in total. The second-order valence-corrected chi connectivity index (χ2v) is 7.74. The SMILES string of the molecule is Cc1cc(C)n2nc(C(=O)N3CCCC3Cn3c(C)nc4ccccc43)nc2n1. The van der Waals surface area contributed by atoms with Crippen LogP contribution in [0.5, 0.6) is 0 Å². The number of imidazole rings is 1. The number of amides is 1. The van der Waals surface area contributed by atoms with Crippen molar-refractivity contribution in [2.75, 3.05) is 6.54 Å². The standard InChI is InChI=1S/C21H23N7O/c1-13-11-14(2)28-21(22-13)24-19(25-28)20(29)26-10-6-7-16(26)12-27-15(3)23-17-8-4-5-9-18(17)27/h4-5,8-9,11,16H,6-7,10,12H2,1-3H3. The summed E-state index contributed by atoms with van der Waals surface area (Å²) in [6, 6.07) is 10.2. The lowest BCUT2D eigenvalue weighted by atomic mass is 10.2. The number of hydrogen-bond donors (Lipinski definition) is 0. The fourth-order valence-corrected chi connectivity index (χ4v) is 4.32. The fourth-order valence-electron chi connectivity index (χ4n) is 4.32. The van der Waals surface area contributed by atoms with E-state index in [9.17, 15) is 4.79 Å². The van der Waals surface area contributed by atoms with Crippen LogP contribution < -0.4 is 0 Å². The predicted molar refractivity (Wildman–Crippen MR) is 109 cm³/mol. The van der Waals surface area contributed by atoms with E-state index < -0.39 is 0 Å². The lowest BCUT2D eigenvalue weighted by Crippen LogP contribution is -2.38. The van der Waals surface area contributed by atoms with Gasteiger partial charge in [-0.15, -0.1) is 5.10 Å². The molecule has 1 atom stereocenters. The van der Waals surface area contributed by atoms with Crippen molar-refractivity contribution in [3.8, 4) is 0 Å². The van der Waals surface area contributed by atoms with Gasteiger partial charge in [-0.2, -0.15) is 4.98 Å². The highest BCUT2D eigenvalue weighted by atomic mass is 16.2. The predicted octanol–water partition coefficient (Wildman–Crippen LogP) is 2.70. The highest BCUT2D eigenvalue weighted by molar-refractivity contribution is 5.91. The first kappa shape index (κ1) is 17.8. The third-order valence-corrected chi connectivity index (χ3v) is 5.69. The molecule has 1 unspecified atom stereocenters. The Balaban J connectivity index is 1.45. The molecular weight excluding hydrogens is 366 g/mol. The first-order valence-electron chi connectivity index (χ1n) is 9.95. The van der Waals surface area contributed by atoms with E-state index in [1.165, 1.54) is 0 Å². The number of benzene rings is 1. The Morgan fingerprint density at radius 1 is 1.14 bits per heavy atom. The average molecular weight is 389 g/mol.